The van der Waals surface area contributed by atoms with Crippen molar-refractivity contribution in [2.24, 2.45) is 11.3 Å². The van der Waals surface area contributed by atoms with Gasteiger partial charge < -0.3 is 50.9 Å². The number of phosphoric ester groups is 3. The maximum absolute atomic E-state index is 12.7. The Morgan fingerprint density at radius 2 is 1.69 bits per heavy atom. The number of Topliss-reactive ketones (excluding diaryl/α,β-unsaturated/α-hetero) is 1. The molecule has 10 N–H and O–H groups in total. The summed E-state index contributed by atoms with van der Waals surface area (Å²) >= 11 is 0.936. The van der Waals surface area contributed by atoms with E-state index in [0.29, 0.717) is 19.3 Å². The summed E-state index contributed by atoms with van der Waals surface area (Å²) < 4.78 is 62.1. The van der Waals surface area contributed by atoms with Crippen LogP contribution in [-0.2, 0) is 55.5 Å². The predicted octanol–water partition coefficient (Wildman–Crippen LogP) is 0.0601. The Morgan fingerprint density at radius 1 is 1.02 bits per heavy atom. The third-order valence-corrected chi connectivity index (χ3v) is 12.4. The van der Waals surface area contributed by atoms with Crippen LogP contribution in [0, 0.1) is 11.3 Å². The number of ketones is 1. The van der Waals surface area contributed by atoms with Gasteiger partial charge in [0.05, 0.1) is 25.5 Å². The number of fused-ring (bicyclic) bond motifs is 1. The number of rotatable bonds is 24. The molecule has 2 amide bonds. The van der Waals surface area contributed by atoms with Crippen LogP contribution in [0.5, 0.6) is 0 Å². The van der Waals surface area contributed by atoms with E-state index >= 15 is 0 Å². The number of nitrogens with zero attached hydrogens (tertiary/aromatic N) is 4. The highest BCUT2D eigenvalue weighted by Gasteiger charge is 2.50. The van der Waals surface area contributed by atoms with Crippen LogP contribution in [0.1, 0.15) is 59.6 Å². The molecule has 1 fully saturated rings. The van der Waals surface area contributed by atoms with Gasteiger partial charge in [0.25, 0.3) is 0 Å². The predicted molar refractivity (Wildman–Crippen MR) is 201 cm³/mol. The van der Waals surface area contributed by atoms with E-state index in [9.17, 15) is 62.7 Å². The number of nitrogens with two attached hydrogens (primary N) is 1. The molecule has 2 aromatic heterocycles. The summed E-state index contributed by atoms with van der Waals surface area (Å²) in [6.45, 7) is 3.90. The maximum atomic E-state index is 12.7. The number of nitrogens with one attached hydrogen (secondary N) is 2. The van der Waals surface area contributed by atoms with Crippen molar-refractivity contribution < 1.29 is 85.3 Å². The number of aromatic nitrogens is 4. The standard InChI is InChI=1S/C29H48N7O18P3S/c1-5-7-17(37)16(6-2)28(42)58-11-10-31-19(38)8-9-32-26(41)23(40)29(3,4)13-51-57(48,49)54-56(46,47)50-12-18-22(53-55(43,44)45)21(39)27(52-18)36-15-35-20-24(30)33-14-34-25(20)36/h14-16,18,21-23,27,39-40H,5-13H2,1-4H3,(H,31,38)(H,32,41)(H,46,47)(H,48,49)(H2,30,33,34)(H2,43,44,45)/t16?,18-,21-,22-,23+,27-/m1/s1. The Balaban J connectivity index is 1.48. The lowest BCUT2D eigenvalue weighted by atomic mass is 9.87. The second kappa shape index (κ2) is 21.2. The summed E-state index contributed by atoms with van der Waals surface area (Å²) in [6.07, 6.45) is -5.70. The second-order valence-electron chi connectivity index (χ2n) is 13.4. The van der Waals surface area contributed by atoms with Gasteiger partial charge in [0, 0.05) is 37.1 Å². The van der Waals surface area contributed by atoms with Crippen molar-refractivity contribution in [2.75, 3.05) is 37.8 Å². The van der Waals surface area contributed by atoms with Gasteiger partial charge in [0.15, 0.2) is 22.8 Å². The molecule has 3 heterocycles. The van der Waals surface area contributed by atoms with Crippen LogP contribution in [0.25, 0.3) is 11.2 Å². The monoisotopic (exact) mass is 907 g/mol. The van der Waals surface area contributed by atoms with E-state index in [2.05, 4.69) is 34.4 Å². The highest BCUT2D eigenvalue weighted by molar-refractivity contribution is 8.13. The number of nitrogen functional groups attached to an aromatic ring is 1. The van der Waals surface area contributed by atoms with E-state index in [1.807, 2.05) is 6.92 Å². The van der Waals surface area contributed by atoms with Crippen molar-refractivity contribution in [3.63, 3.8) is 0 Å². The second-order valence-corrected chi connectivity index (χ2v) is 18.7. The van der Waals surface area contributed by atoms with Gasteiger partial charge in [0.2, 0.25) is 11.8 Å². The first-order chi connectivity index (χ1) is 26.9. The molecule has 2 aromatic rings. The maximum Gasteiger partial charge on any atom is 0.481 e. The number of hydrogen-bond donors (Lipinski definition) is 9. The summed E-state index contributed by atoms with van der Waals surface area (Å²) in [6, 6.07) is 0. The number of carbonyl (C=O) groups excluding carboxylic acids is 4. The minimum Gasteiger partial charge on any atom is -0.386 e. The van der Waals surface area contributed by atoms with Crippen molar-refractivity contribution in [1.29, 1.82) is 0 Å². The number of phosphoric acid groups is 3. The molecule has 0 bridgehead atoms. The number of ether oxygens (including phenoxy) is 1. The van der Waals surface area contributed by atoms with Crippen LogP contribution < -0.4 is 16.4 Å². The molecule has 0 spiro atoms. The van der Waals surface area contributed by atoms with E-state index in [0.717, 1.165) is 29.0 Å². The molecule has 0 saturated carbocycles. The van der Waals surface area contributed by atoms with E-state index in [4.69, 9.17) is 19.5 Å². The molecular weight excluding hydrogens is 859 g/mol. The lowest BCUT2D eigenvalue weighted by molar-refractivity contribution is -0.137. The van der Waals surface area contributed by atoms with Crippen LogP contribution in [0.3, 0.4) is 0 Å². The highest BCUT2D eigenvalue weighted by atomic mass is 32.2. The van der Waals surface area contributed by atoms with Gasteiger partial charge in [-0.15, -0.1) is 0 Å². The van der Waals surface area contributed by atoms with E-state index in [-0.39, 0.29) is 53.1 Å². The molecule has 0 aliphatic carbocycles. The highest BCUT2D eigenvalue weighted by Crippen LogP contribution is 2.61. The number of amides is 2. The first-order valence-electron chi connectivity index (χ1n) is 17.5. The zero-order chi connectivity index (χ0) is 43.6. The van der Waals surface area contributed by atoms with E-state index in [1.54, 1.807) is 6.92 Å². The molecule has 328 valence electrons. The van der Waals surface area contributed by atoms with Gasteiger partial charge in [-0.05, 0) is 12.8 Å². The molecular formula is C29H48N7O18P3S. The van der Waals surface area contributed by atoms with Gasteiger partial charge in [-0.2, -0.15) is 4.31 Å². The molecule has 1 saturated heterocycles. The lowest BCUT2D eigenvalue weighted by Gasteiger charge is -2.30. The van der Waals surface area contributed by atoms with Crippen molar-refractivity contribution in [3.05, 3.63) is 12.7 Å². The van der Waals surface area contributed by atoms with Gasteiger partial charge in [-0.1, -0.05) is 39.5 Å². The molecule has 29 heteroatoms. The molecule has 8 atom stereocenters. The average Bonchev–Trinajstić information content (AvgIpc) is 3.68. The number of hydrogen-bond acceptors (Lipinski definition) is 19. The molecule has 3 unspecified atom stereocenters. The van der Waals surface area contributed by atoms with Crippen LogP contribution in [0.15, 0.2) is 12.7 Å². The Bertz CT molecular complexity index is 1920. The Morgan fingerprint density at radius 3 is 2.33 bits per heavy atom. The van der Waals surface area contributed by atoms with Crippen molar-refractivity contribution in [1.82, 2.24) is 30.2 Å². The Kier molecular flexibility index (Phi) is 18.1. The zero-order valence-corrected chi connectivity index (χ0v) is 35.2. The van der Waals surface area contributed by atoms with Crippen LogP contribution in [-0.4, -0.2) is 128 Å². The number of imidazole rings is 1. The van der Waals surface area contributed by atoms with E-state index < -0.39 is 90.5 Å². The number of aliphatic hydroxyl groups is 2. The number of aliphatic hydroxyl groups excluding tert-OH is 2. The zero-order valence-electron chi connectivity index (χ0n) is 31.7. The first kappa shape index (κ1) is 49.6. The van der Waals surface area contributed by atoms with Crippen molar-refractivity contribution >= 4 is 74.9 Å². The summed E-state index contributed by atoms with van der Waals surface area (Å²) in [5.41, 5.74) is 4.23. The molecule has 25 nitrogen and oxygen atoms in total. The van der Waals surface area contributed by atoms with Gasteiger partial charge >= 0.3 is 23.5 Å². The largest absolute Gasteiger partial charge is 0.481 e. The van der Waals surface area contributed by atoms with E-state index in [1.165, 1.54) is 13.8 Å². The van der Waals surface area contributed by atoms with Crippen molar-refractivity contribution in [3.8, 4) is 0 Å². The SMILES string of the molecule is CCCC(=O)C(CC)C(=O)SCCNC(=O)CCNC(=O)[C@H](O)C(C)(C)COP(=O)(O)OP(=O)(O)OC[C@H]1O[C@@H](n2cnc3c(N)ncnc32)[C@H](O)[C@@H]1OP(=O)(O)O. The minimum atomic E-state index is -5.58. The van der Waals surface area contributed by atoms with Crippen LogP contribution >= 0.6 is 35.2 Å². The fourth-order valence-electron chi connectivity index (χ4n) is 5.33. The number of thioether (sulfide) groups is 1. The van der Waals surface area contributed by atoms with Crippen LogP contribution in [0.2, 0.25) is 0 Å². The molecule has 0 aromatic carbocycles. The summed E-state index contributed by atoms with van der Waals surface area (Å²) in [5.74, 6) is -2.13. The third-order valence-electron chi connectivity index (χ3n) is 8.32. The quantitative estimate of drug-likeness (QED) is 0.0382. The topological polar surface area (TPSA) is 381 Å². The van der Waals surface area contributed by atoms with Gasteiger partial charge in [-0.25, -0.2) is 28.6 Å². The van der Waals surface area contributed by atoms with Crippen LogP contribution in [0.4, 0.5) is 5.82 Å². The number of anilines is 1. The smallest absolute Gasteiger partial charge is 0.386 e. The molecule has 58 heavy (non-hydrogen) atoms. The normalized spacial score (nSPS) is 21.8. The molecule has 3 rings (SSSR count). The molecule has 1 aliphatic rings. The van der Waals surface area contributed by atoms with Crippen molar-refractivity contribution in [2.45, 2.75) is 84.0 Å². The average molecular weight is 908 g/mol. The summed E-state index contributed by atoms with van der Waals surface area (Å²) in [5, 5.41) is 26.1. The molecule has 1 aliphatic heterocycles. The summed E-state index contributed by atoms with van der Waals surface area (Å²) in [7, 11) is -16.4. The third kappa shape index (κ3) is 14.5. The Labute approximate surface area is 335 Å². The van der Waals surface area contributed by atoms with Gasteiger partial charge in [-0.3, -0.25) is 37.3 Å². The first-order valence-corrected chi connectivity index (χ1v) is 23.0. The van der Waals surface area contributed by atoms with Gasteiger partial charge in [0.1, 0.15) is 42.0 Å². The molecule has 0 radical (unpaired) electrons. The number of carbonyl (C=O) groups is 4. The lowest BCUT2D eigenvalue weighted by Crippen LogP contribution is -2.46. The fraction of sp³-hybridized carbons (Fsp3) is 0.690. The fourth-order valence-corrected chi connectivity index (χ4v) is 9.06. The minimum absolute atomic E-state index is 0.0246. The Hall–Kier alpha value is -2.77. The summed E-state index contributed by atoms with van der Waals surface area (Å²) in [4.78, 5) is 100.